The van der Waals surface area contributed by atoms with E-state index < -0.39 is 12.1 Å². The molecular formula is C18H18N2O. The summed E-state index contributed by atoms with van der Waals surface area (Å²) in [6.45, 7) is 0. The lowest BCUT2D eigenvalue weighted by Crippen LogP contribution is -2.37. The maximum atomic E-state index is 10.3. The molecule has 0 spiro atoms. The highest BCUT2D eigenvalue weighted by molar-refractivity contribution is 5.34. The van der Waals surface area contributed by atoms with Gasteiger partial charge in [-0.05, 0) is 29.5 Å². The molecule has 0 heterocycles. The summed E-state index contributed by atoms with van der Waals surface area (Å²) in [4.78, 5) is 0. The fourth-order valence-electron chi connectivity index (χ4n) is 2.98. The molecule has 1 unspecified atom stereocenters. The highest BCUT2D eigenvalue weighted by atomic mass is 16.3. The van der Waals surface area contributed by atoms with Crippen molar-refractivity contribution in [1.29, 1.82) is 5.26 Å². The van der Waals surface area contributed by atoms with Crippen LogP contribution in [0.4, 0.5) is 0 Å². The van der Waals surface area contributed by atoms with Gasteiger partial charge in [-0.25, -0.2) is 0 Å². The van der Waals surface area contributed by atoms with E-state index in [-0.39, 0.29) is 6.04 Å². The SMILES string of the molecule is N#CC(N[C@@H]1c2ccccc2CC[C@@H]1O)c1ccccc1. The molecule has 21 heavy (non-hydrogen) atoms. The van der Waals surface area contributed by atoms with Crippen LogP contribution in [0.2, 0.25) is 0 Å². The number of aliphatic hydroxyl groups excluding tert-OH is 1. The summed E-state index contributed by atoms with van der Waals surface area (Å²) in [6.07, 6.45) is 1.15. The molecule has 3 atom stereocenters. The van der Waals surface area contributed by atoms with Crippen LogP contribution in [-0.2, 0) is 6.42 Å². The number of nitrogens with one attached hydrogen (secondary N) is 1. The molecular weight excluding hydrogens is 260 g/mol. The van der Waals surface area contributed by atoms with Gasteiger partial charge in [-0.3, -0.25) is 5.32 Å². The molecule has 2 aromatic carbocycles. The normalized spacial score (nSPS) is 22.1. The molecule has 0 fully saturated rings. The maximum absolute atomic E-state index is 10.3. The second-order valence-corrected chi connectivity index (χ2v) is 5.42. The van der Waals surface area contributed by atoms with Crippen LogP contribution in [0.1, 0.15) is 35.2 Å². The van der Waals surface area contributed by atoms with Crippen LogP contribution in [0.5, 0.6) is 0 Å². The molecule has 0 bridgehead atoms. The third kappa shape index (κ3) is 2.82. The minimum Gasteiger partial charge on any atom is -0.391 e. The van der Waals surface area contributed by atoms with Gasteiger partial charge in [0.25, 0.3) is 0 Å². The summed E-state index contributed by atoms with van der Waals surface area (Å²) < 4.78 is 0. The smallest absolute Gasteiger partial charge is 0.121 e. The van der Waals surface area contributed by atoms with Gasteiger partial charge in [0, 0.05) is 0 Å². The lowest BCUT2D eigenvalue weighted by Gasteiger charge is -2.32. The lowest BCUT2D eigenvalue weighted by molar-refractivity contribution is 0.107. The van der Waals surface area contributed by atoms with E-state index in [9.17, 15) is 10.4 Å². The van der Waals surface area contributed by atoms with E-state index in [0.717, 1.165) is 24.0 Å². The van der Waals surface area contributed by atoms with Crippen molar-refractivity contribution in [2.75, 3.05) is 0 Å². The van der Waals surface area contributed by atoms with Crippen LogP contribution in [-0.4, -0.2) is 11.2 Å². The monoisotopic (exact) mass is 278 g/mol. The quantitative estimate of drug-likeness (QED) is 0.907. The van der Waals surface area contributed by atoms with Gasteiger partial charge >= 0.3 is 0 Å². The number of rotatable bonds is 3. The zero-order valence-corrected chi connectivity index (χ0v) is 11.7. The van der Waals surface area contributed by atoms with Crippen molar-refractivity contribution in [3.63, 3.8) is 0 Å². The fourth-order valence-corrected chi connectivity index (χ4v) is 2.98. The molecule has 0 aromatic heterocycles. The Bertz CT molecular complexity index is 648. The molecule has 0 radical (unpaired) electrons. The number of hydrogen-bond donors (Lipinski definition) is 2. The van der Waals surface area contributed by atoms with E-state index in [2.05, 4.69) is 17.5 Å². The van der Waals surface area contributed by atoms with Crippen LogP contribution in [0, 0.1) is 11.3 Å². The lowest BCUT2D eigenvalue weighted by atomic mass is 9.85. The Hall–Kier alpha value is -2.15. The Morgan fingerprint density at radius 1 is 1.10 bits per heavy atom. The molecule has 2 aromatic rings. The van der Waals surface area contributed by atoms with Gasteiger partial charge in [0.15, 0.2) is 0 Å². The first-order valence-corrected chi connectivity index (χ1v) is 7.26. The van der Waals surface area contributed by atoms with Crippen LogP contribution in [0.15, 0.2) is 54.6 Å². The zero-order chi connectivity index (χ0) is 14.7. The molecule has 2 N–H and O–H groups in total. The Balaban J connectivity index is 1.88. The average Bonchev–Trinajstić information content (AvgIpc) is 2.55. The number of hydrogen-bond acceptors (Lipinski definition) is 3. The highest BCUT2D eigenvalue weighted by Gasteiger charge is 2.29. The first-order chi connectivity index (χ1) is 10.3. The fraction of sp³-hybridized carbons (Fsp3) is 0.278. The molecule has 3 heteroatoms. The first-order valence-electron chi connectivity index (χ1n) is 7.26. The minimum absolute atomic E-state index is 0.195. The predicted octanol–water partition coefficient (Wildman–Crippen LogP) is 2.89. The van der Waals surface area contributed by atoms with E-state index >= 15 is 0 Å². The van der Waals surface area contributed by atoms with Gasteiger partial charge in [0.1, 0.15) is 6.04 Å². The molecule has 1 aliphatic carbocycles. The van der Waals surface area contributed by atoms with Crippen molar-refractivity contribution in [3.8, 4) is 6.07 Å². The van der Waals surface area contributed by atoms with E-state index in [1.54, 1.807) is 0 Å². The van der Waals surface area contributed by atoms with Gasteiger partial charge in [-0.1, -0.05) is 54.6 Å². The van der Waals surface area contributed by atoms with Gasteiger partial charge in [-0.15, -0.1) is 0 Å². The summed E-state index contributed by atoms with van der Waals surface area (Å²) in [6, 6.07) is 19.5. The van der Waals surface area contributed by atoms with Gasteiger partial charge in [0.2, 0.25) is 0 Å². The molecule has 0 aliphatic heterocycles. The van der Waals surface area contributed by atoms with Crippen LogP contribution < -0.4 is 5.32 Å². The van der Waals surface area contributed by atoms with Crippen molar-refractivity contribution in [1.82, 2.24) is 5.32 Å². The second-order valence-electron chi connectivity index (χ2n) is 5.42. The Kier molecular flexibility index (Phi) is 4.01. The molecule has 106 valence electrons. The Labute approximate surface area is 124 Å². The summed E-state index contributed by atoms with van der Waals surface area (Å²) in [7, 11) is 0. The third-order valence-corrected chi connectivity index (χ3v) is 4.09. The van der Waals surface area contributed by atoms with E-state index in [1.165, 1.54) is 5.56 Å². The van der Waals surface area contributed by atoms with Crippen molar-refractivity contribution in [3.05, 3.63) is 71.3 Å². The summed E-state index contributed by atoms with van der Waals surface area (Å²) in [5, 5.41) is 23.1. The third-order valence-electron chi connectivity index (χ3n) is 4.09. The number of nitrogens with zero attached hydrogens (tertiary/aromatic N) is 1. The Morgan fingerprint density at radius 2 is 1.81 bits per heavy atom. The van der Waals surface area contributed by atoms with Crippen molar-refractivity contribution >= 4 is 0 Å². The summed E-state index contributed by atoms with van der Waals surface area (Å²) in [5.41, 5.74) is 3.28. The van der Waals surface area contributed by atoms with Crippen LogP contribution in [0.25, 0.3) is 0 Å². The van der Waals surface area contributed by atoms with E-state index in [1.807, 2.05) is 48.5 Å². The van der Waals surface area contributed by atoms with E-state index in [4.69, 9.17) is 0 Å². The molecule has 0 saturated carbocycles. The first kappa shape index (κ1) is 13.8. The van der Waals surface area contributed by atoms with Gasteiger partial charge in [0.05, 0.1) is 18.2 Å². The minimum atomic E-state index is -0.459. The number of benzene rings is 2. The van der Waals surface area contributed by atoms with Crippen molar-refractivity contribution < 1.29 is 5.11 Å². The van der Waals surface area contributed by atoms with E-state index in [0.29, 0.717) is 0 Å². The standard InChI is InChI=1S/C18H18N2O/c19-12-16(14-7-2-1-3-8-14)20-18-15-9-5-4-6-13(15)10-11-17(18)21/h1-9,16-18,20-21H,10-11H2/t16?,17-,18+/m0/s1. The largest absolute Gasteiger partial charge is 0.391 e. The summed E-state index contributed by atoms with van der Waals surface area (Å²) >= 11 is 0. The van der Waals surface area contributed by atoms with Crippen LogP contribution >= 0.6 is 0 Å². The number of fused-ring (bicyclic) bond motifs is 1. The maximum Gasteiger partial charge on any atom is 0.121 e. The molecule has 0 amide bonds. The van der Waals surface area contributed by atoms with Gasteiger partial charge in [-0.2, -0.15) is 5.26 Å². The molecule has 3 nitrogen and oxygen atoms in total. The average molecular weight is 278 g/mol. The predicted molar refractivity (Wildman–Crippen MR) is 81.4 cm³/mol. The molecule has 0 saturated heterocycles. The zero-order valence-electron chi connectivity index (χ0n) is 11.7. The van der Waals surface area contributed by atoms with Crippen LogP contribution in [0.3, 0.4) is 0 Å². The number of aryl methyl sites for hydroxylation is 1. The Morgan fingerprint density at radius 3 is 2.57 bits per heavy atom. The van der Waals surface area contributed by atoms with Crippen molar-refractivity contribution in [2.45, 2.75) is 31.0 Å². The topological polar surface area (TPSA) is 56.0 Å². The van der Waals surface area contributed by atoms with Crippen molar-refractivity contribution in [2.24, 2.45) is 0 Å². The summed E-state index contributed by atoms with van der Waals surface area (Å²) in [5.74, 6) is 0. The molecule has 3 rings (SSSR count). The second kappa shape index (κ2) is 6.09. The number of aliphatic hydroxyl groups is 1. The molecule has 1 aliphatic rings. The highest BCUT2D eigenvalue weighted by Crippen LogP contribution is 2.31. The van der Waals surface area contributed by atoms with Gasteiger partial charge < -0.3 is 5.11 Å². The number of nitriles is 1.